The molecule has 1 aromatic carbocycles. The van der Waals surface area contributed by atoms with Gasteiger partial charge in [0, 0.05) is 18.5 Å². The number of rotatable bonds is 4. The van der Waals surface area contributed by atoms with Gasteiger partial charge >= 0.3 is 0 Å². The Balaban J connectivity index is 2.72. The molecule has 0 radical (unpaired) electrons. The zero-order chi connectivity index (χ0) is 14.6. The van der Waals surface area contributed by atoms with Gasteiger partial charge in [0.05, 0.1) is 17.8 Å². The minimum Gasteiger partial charge on any atom is -0.497 e. The Hall–Kier alpha value is -1.26. The number of carbonyl (C=O) groups excluding carboxylic acids is 1. The van der Waals surface area contributed by atoms with Crippen molar-refractivity contribution in [3.63, 3.8) is 0 Å². The minimum atomic E-state index is -0.211. The standard InChI is InChI=1S/C14H21ClN2O2/c1-14(2,3)12(16)8-13(18)17-11-7-9(19-4)5-6-10(11)15/h5-7,12H,8,16H2,1-4H3,(H,17,18). The van der Waals surface area contributed by atoms with E-state index in [9.17, 15) is 4.79 Å². The number of ether oxygens (including phenoxy) is 1. The van der Waals surface area contributed by atoms with E-state index in [-0.39, 0.29) is 23.8 Å². The number of halogens is 1. The molecule has 0 spiro atoms. The summed E-state index contributed by atoms with van der Waals surface area (Å²) in [5.74, 6) is 0.484. The second kappa shape index (κ2) is 6.26. The van der Waals surface area contributed by atoms with Gasteiger partial charge < -0.3 is 15.8 Å². The van der Waals surface area contributed by atoms with Gasteiger partial charge in [-0.05, 0) is 17.5 Å². The van der Waals surface area contributed by atoms with Crippen LogP contribution in [0.1, 0.15) is 27.2 Å². The van der Waals surface area contributed by atoms with Gasteiger partial charge in [0.25, 0.3) is 0 Å². The number of carbonyl (C=O) groups is 1. The van der Waals surface area contributed by atoms with Crippen LogP contribution in [0, 0.1) is 5.41 Å². The van der Waals surface area contributed by atoms with E-state index >= 15 is 0 Å². The van der Waals surface area contributed by atoms with Crippen molar-refractivity contribution in [1.82, 2.24) is 0 Å². The van der Waals surface area contributed by atoms with Crippen molar-refractivity contribution in [2.24, 2.45) is 11.1 Å². The van der Waals surface area contributed by atoms with Gasteiger partial charge in [0.15, 0.2) is 0 Å². The molecule has 1 atom stereocenters. The molecular formula is C14H21ClN2O2. The molecule has 3 N–H and O–H groups in total. The SMILES string of the molecule is COc1ccc(Cl)c(NC(=O)CC(N)C(C)(C)C)c1. The lowest BCUT2D eigenvalue weighted by atomic mass is 9.85. The van der Waals surface area contributed by atoms with Crippen molar-refractivity contribution >= 4 is 23.2 Å². The molecule has 0 heterocycles. The van der Waals surface area contributed by atoms with Gasteiger partial charge in [-0.1, -0.05) is 32.4 Å². The zero-order valence-electron chi connectivity index (χ0n) is 11.8. The number of hydrogen-bond acceptors (Lipinski definition) is 3. The molecule has 0 fully saturated rings. The maximum atomic E-state index is 11.9. The smallest absolute Gasteiger partial charge is 0.225 e. The van der Waals surface area contributed by atoms with Crippen molar-refractivity contribution in [1.29, 1.82) is 0 Å². The summed E-state index contributed by atoms with van der Waals surface area (Å²) in [4.78, 5) is 11.9. The molecule has 0 aliphatic rings. The Kier molecular flexibility index (Phi) is 5.20. The third-order valence-electron chi connectivity index (χ3n) is 2.97. The van der Waals surface area contributed by atoms with Gasteiger partial charge in [0.2, 0.25) is 5.91 Å². The highest BCUT2D eigenvalue weighted by molar-refractivity contribution is 6.33. The predicted molar refractivity (Wildman–Crippen MR) is 78.7 cm³/mol. The van der Waals surface area contributed by atoms with Crippen molar-refractivity contribution in [2.75, 3.05) is 12.4 Å². The highest BCUT2D eigenvalue weighted by Crippen LogP contribution is 2.27. The van der Waals surface area contributed by atoms with Crippen LogP contribution in [-0.4, -0.2) is 19.1 Å². The van der Waals surface area contributed by atoms with Gasteiger partial charge in [-0.15, -0.1) is 0 Å². The summed E-state index contributed by atoms with van der Waals surface area (Å²) in [5.41, 5.74) is 6.40. The van der Waals surface area contributed by atoms with Crippen molar-refractivity contribution in [2.45, 2.75) is 33.2 Å². The van der Waals surface area contributed by atoms with Gasteiger partial charge in [-0.2, -0.15) is 0 Å². The van der Waals surface area contributed by atoms with E-state index in [4.69, 9.17) is 22.1 Å². The number of nitrogens with one attached hydrogen (secondary N) is 1. The molecule has 4 nitrogen and oxygen atoms in total. The van der Waals surface area contributed by atoms with Crippen LogP contribution in [0.3, 0.4) is 0 Å². The average Bonchev–Trinajstić information content (AvgIpc) is 2.30. The summed E-state index contributed by atoms with van der Waals surface area (Å²) in [6.45, 7) is 6.01. The molecule has 1 aromatic rings. The third kappa shape index (κ3) is 4.73. The molecule has 0 aliphatic heterocycles. The summed E-state index contributed by atoms with van der Waals surface area (Å²) in [5, 5.41) is 3.23. The van der Waals surface area contributed by atoms with Gasteiger partial charge in [-0.25, -0.2) is 0 Å². The second-order valence-electron chi connectivity index (χ2n) is 5.57. The number of anilines is 1. The van der Waals surface area contributed by atoms with Crippen LogP contribution in [0.25, 0.3) is 0 Å². The molecule has 5 heteroatoms. The first-order valence-electron chi connectivity index (χ1n) is 6.13. The number of nitrogens with two attached hydrogens (primary N) is 1. The maximum Gasteiger partial charge on any atom is 0.225 e. The monoisotopic (exact) mass is 284 g/mol. The molecule has 1 amide bonds. The third-order valence-corrected chi connectivity index (χ3v) is 3.29. The first kappa shape index (κ1) is 15.8. The van der Waals surface area contributed by atoms with Gasteiger partial charge in [0.1, 0.15) is 5.75 Å². The van der Waals surface area contributed by atoms with E-state index in [0.29, 0.717) is 16.5 Å². The molecule has 0 saturated heterocycles. The lowest BCUT2D eigenvalue weighted by Gasteiger charge is -2.26. The van der Waals surface area contributed by atoms with E-state index in [0.717, 1.165) is 0 Å². The lowest BCUT2D eigenvalue weighted by Crippen LogP contribution is -2.38. The van der Waals surface area contributed by atoms with Crippen LogP contribution in [-0.2, 0) is 4.79 Å². The van der Waals surface area contributed by atoms with Crippen LogP contribution in [0.5, 0.6) is 5.75 Å². The Bertz CT molecular complexity index is 455. The fraction of sp³-hybridized carbons (Fsp3) is 0.500. The highest BCUT2D eigenvalue weighted by Gasteiger charge is 2.23. The summed E-state index contributed by atoms with van der Waals surface area (Å²) >= 11 is 6.02. The topological polar surface area (TPSA) is 64.3 Å². The molecule has 106 valence electrons. The summed E-state index contributed by atoms with van der Waals surface area (Å²) in [6, 6.07) is 4.89. The molecule has 0 aromatic heterocycles. The first-order valence-corrected chi connectivity index (χ1v) is 6.51. The Morgan fingerprint density at radius 2 is 2.11 bits per heavy atom. The summed E-state index contributed by atoms with van der Waals surface area (Å²) < 4.78 is 5.09. The highest BCUT2D eigenvalue weighted by atomic mass is 35.5. The van der Waals surface area contributed by atoms with Crippen LogP contribution in [0.15, 0.2) is 18.2 Å². The van der Waals surface area contributed by atoms with Crippen LogP contribution < -0.4 is 15.8 Å². The van der Waals surface area contributed by atoms with E-state index < -0.39 is 0 Å². The number of methoxy groups -OCH3 is 1. The number of hydrogen-bond donors (Lipinski definition) is 2. The number of benzene rings is 1. The molecule has 0 bridgehead atoms. The van der Waals surface area contributed by atoms with Crippen molar-refractivity contribution < 1.29 is 9.53 Å². The Morgan fingerprint density at radius 1 is 1.47 bits per heavy atom. The fourth-order valence-corrected chi connectivity index (χ4v) is 1.60. The zero-order valence-corrected chi connectivity index (χ0v) is 12.5. The second-order valence-corrected chi connectivity index (χ2v) is 5.98. The normalized spacial score (nSPS) is 12.9. The minimum absolute atomic E-state index is 0.116. The molecule has 0 aliphatic carbocycles. The molecular weight excluding hydrogens is 264 g/mol. The quantitative estimate of drug-likeness (QED) is 0.893. The largest absolute Gasteiger partial charge is 0.497 e. The van der Waals surface area contributed by atoms with E-state index in [1.807, 2.05) is 20.8 Å². The van der Waals surface area contributed by atoms with E-state index in [1.165, 1.54) is 0 Å². The van der Waals surface area contributed by atoms with E-state index in [2.05, 4.69) is 5.32 Å². The molecule has 1 rings (SSSR count). The molecule has 0 saturated carbocycles. The van der Waals surface area contributed by atoms with Crippen molar-refractivity contribution in [3.05, 3.63) is 23.2 Å². The summed E-state index contributed by atoms with van der Waals surface area (Å²) in [6.07, 6.45) is 0.247. The Morgan fingerprint density at radius 3 is 2.63 bits per heavy atom. The molecule has 1 unspecified atom stereocenters. The van der Waals surface area contributed by atoms with Crippen LogP contribution in [0.4, 0.5) is 5.69 Å². The first-order chi connectivity index (χ1) is 8.74. The van der Waals surface area contributed by atoms with Crippen LogP contribution in [0.2, 0.25) is 5.02 Å². The lowest BCUT2D eigenvalue weighted by molar-refractivity contribution is -0.117. The summed E-state index contributed by atoms with van der Waals surface area (Å²) in [7, 11) is 1.56. The predicted octanol–water partition coefficient (Wildman–Crippen LogP) is 3.05. The Labute approximate surface area is 119 Å². The van der Waals surface area contributed by atoms with E-state index in [1.54, 1.807) is 25.3 Å². The van der Waals surface area contributed by atoms with Crippen LogP contribution >= 0.6 is 11.6 Å². The van der Waals surface area contributed by atoms with Gasteiger partial charge in [-0.3, -0.25) is 4.79 Å². The molecule has 19 heavy (non-hydrogen) atoms. The fourth-order valence-electron chi connectivity index (χ4n) is 1.43. The number of amides is 1. The maximum absolute atomic E-state index is 11.9. The average molecular weight is 285 g/mol. The van der Waals surface area contributed by atoms with Crippen molar-refractivity contribution in [3.8, 4) is 5.75 Å².